The molecule has 0 saturated heterocycles. The lowest BCUT2D eigenvalue weighted by Gasteiger charge is -2.21. The van der Waals surface area contributed by atoms with Gasteiger partial charge in [0.2, 0.25) is 5.91 Å². The normalized spacial score (nSPS) is 10.8. The van der Waals surface area contributed by atoms with Crippen LogP contribution in [-0.4, -0.2) is 39.2 Å². The standard InChI is InChI=1S/C21H24N4O2/c1-4-10-25(14-20(26)23-17-8-6-5-7-16(17)3)21(27)18-13-24-11-9-15(2)12-19(24)22-18/h5-9,11-13H,4,10,14H2,1-3H3,(H,23,26). The van der Waals surface area contributed by atoms with Crippen LogP contribution >= 0.6 is 0 Å². The summed E-state index contributed by atoms with van der Waals surface area (Å²) in [6.07, 6.45) is 4.35. The van der Waals surface area contributed by atoms with Gasteiger partial charge in [0.15, 0.2) is 0 Å². The molecule has 1 aromatic carbocycles. The predicted octanol–water partition coefficient (Wildman–Crippen LogP) is 3.44. The average molecular weight is 364 g/mol. The lowest BCUT2D eigenvalue weighted by Crippen LogP contribution is -2.38. The van der Waals surface area contributed by atoms with Crippen LogP contribution in [0.3, 0.4) is 0 Å². The molecule has 27 heavy (non-hydrogen) atoms. The minimum atomic E-state index is -0.238. The number of rotatable bonds is 6. The van der Waals surface area contributed by atoms with Gasteiger partial charge in [0.1, 0.15) is 17.9 Å². The molecule has 6 heteroatoms. The molecule has 6 nitrogen and oxygen atoms in total. The second kappa shape index (κ2) is 8.03. The first-order chi connectivity index (χ1) is 13.0. The van der Waals surface area contributed by atoms with Crippen LogP contribution < -0.4 is 5.32 Å². The van der Waals surface area contributed by atoms with Crippen LogP contribution in [0.2, 0.25) is 0 Å². The number of carbonyl (C=O) groups excluding carboxylic acids is 2. The van der Waals surface area contributed by atoms with Gasteiger partial charge in [0.05, 0.1) is 0 Å². The lowest BCUT2D eigenvalue weighted by molar-refractivity contribution is -0.116. The molecule has 1 N–H and O–H groups in total. The van der Waals surface area contributed by atoms with Gasteiger partial charge in [-0.3, -0.25) is 9.59 Å². The Bertz CT molecular complexity index is 977. The summed E-state index contributed by atoms with van der Waals surface area (Å²) >= 11 is 0. The molecule has 0 radical (unpaired) electrons. The number of hydrogen-bond acceptors (Lipinski definition) is 3. The maximum atomic E-state index is 12.9. The first kappa shape index (κ1) is 18.6. The van der Waals surface area contributed by atoms with E-state index in [0.717, 1.165) is 28.9 Å². The highest BCUT2D eigenvalue weighted by atomic mass is 16.2. The van der Waals surface area contributed by atoms with E-state index in [1.165, 1.54) is 0 Å². The van der Waals surface area contributed by atoms with E-state index < -0.39 is 0 Å². The number of benzene rings is 1. The Morgan fingerprint density at radius 2 is 1.96 bits per heavy atom. The number of imidazole rings is 1. The third-order valence-corrected chi connectivity index (χ3v) is 4.37. The Balaban J connectivity index is 1.76. The molecular weight excluding hydrogens is 340 g/mol. The van der Waals surface area contributed by atoms with E-state index in [1.54, 1.807) is 11.1 Å². The number of para-hydroxylation sites is 1. The fourth-order valence-corrected chi connectivity index (χ4v) is 2.95. The molecular formula is C21H24N4O2. The van der Waals surface area contributed by atoms with E-state index >= 15 is 0 Å². The van der Waals surface area contributed by atoms with Crippen molar-refractivity contribution in [3.63, 3.8) is 0 Å². The summed E-state index contributed by atoms with van der Waals surface area (Å²) < 4.78 is 1.82. The fraction of sp³-hybridized carbons (Fsp3) is 0.286. The fourth-order valence-electron chi connectivity index (χ4n) is 2.95. The highest BCUT2D eigenvalue weighted by Gasteiger charge is 2.21. The van der Waals surface area contributed by atoms with Gasteiger partial charge in [-0.2, -0.15) is 0 Å². The number of anilines is 1. The molecule has 0 aliphatic heterocycles. The molecule has 0 aliphatic carbocycles. The quantitative estimate of drug-likeness (QED) is 0.729. The molecule has 3 aromatic rings. The number of carbonyl (C=O) groups is 2. The minimum Gasteiger partial charge on any atom is -0.328 e. The number of nitrogens with zero attached hydrogens (tertiary/aromatic N) is 3. The van der Waals surface area contributed by atoms with Crippen molar-refractivity contribution >= 4 is 23.1 Å². The van der Waals surface area contributed by atoms with E-state index in [1.807, 2.05) is 67.8 Å². The van der Waals surface area contributed by atoms with Crippen molar-refractivity contribution in [1.82, 2.24) is 14.3 Å². The van der Waals surface area contributed by atoms with Crippen LogP contribution in [0.15, 0.2) is 48.8 Å². The largest absolute Gasteiger partial charge is 0.328 e. The minimum absolute atomic E-state index is 0.00604. The monoisotopic (exact) mass is 364 g/mol. The van der Waals surface area contributed by atoms with Crippen LogP contribution in [0.4, 0.5) is 5.69 Å². The topological polar surface area (TPSA) is 66.7 Å². The zero-order valence-corrected chi connectivity index (χ0v) is 15.9. The van der Waals surface area contributed by atoms with Crippen LogP contribution in [0.1, 0.15) is 35.0 Å². The smallest absolute Gasteiger partial charge is 0.274 e. The van der Waals surface area contributed by atoms with Crippen molar-refractivity contribution in [2.75, 3.05) is 18.4 Å². The molecule has 2 amide bonds. The predicted molar refractivity (Wildman–Crippen MR) is 106 cm³/mol. The summed E-state index contributed by atoms with van der Waals surface area (Å²) in [5.41, 5.74) is 3.89. The molecule has 0 saturated carbocycles. The molecule has 140 valence electrons. The summed E-state index contributed by atoms with van der Waals surface area (Å²) in [5.74, 6) is -0.455. The van der Waals surface area contributed by atoms with Crippen molar-refractivity contribution in [2.45, 2.75) is 27.2 Å². The summed E-state index contributed by atoms with van der Waals surface area (Å²) in [6.45, 7) is 6.38. The Morgan fingerprint density at radius 1 is 1.19 bits per heavy atom. The second-order valence-corrected chi connectivity index (χ2v) is 6.69. The second-order valence-electron chi connectivity index (χ2n) is 6.69. The van der Waals surface area contributed by atoms with Crippen molar-refractivity contribution in [2.24, 2.45) is 0 Å². The number of nitrogens with one attached hydrogen (secondary N) is 1. The SMILES string of the molecule is CCCN(CC(=O)Nc1ccccc1C)C(=O)c1cn2ccc(C)cc2n1. The van der Waals surface area contributed by atoms with Crippen molar-refractivity contribution in [1.29, 1.82) is 0 Å². The van der Waals surface area contributed by atoms with Gasteiger partial charge in [0, 0.05) is 24.6 Å². The van der Waals surface area contributed by atoms with E-state index in [-0.39, 0.29) is 18.4 Å². The molecule has 0 spiro atoms. The van der Waals surface area contributed by atoms with Gasteiger partial charge in [-0.15, -0.1) is 0 Å². The Morgan fingerprint density at radius 3 is 2.70 bits per heavy atom. The van der Waals surface area contributed by atoms with Crippen molar-refractivity contribution in [3.8, 4) is 0 Å². The molecule has 2 heterocycles. The van der Waals surface area contributed by atoms with Crippen LogP contribution in [0.25, 0.3) is 5.65 Å². The number of fused-ring (bicyclic) bond motifs is 1. The zero-order valence-electron chi connectivity index (χ0n) is 15.9. The maximum Gasteiger partial charge on any atom is 0.274 e. The Kier molecular flexibility index (Phi) is 5.54. The van der Waals surface area contributed by atoms with E-state index in [4.69, 9.17) is 0 Å². The third-order valence-electron chi connectivity index (χ3n) is 4.37. The maximum absolute atomic E-state index is 12.9. The summed E-state index contributed by atoms with van der Waals surface area (Å²) in [6, 6.07) is 11.5. The van der Waals surface area contributed by atoms with Gasteiger partial charge in [-0.05, 0) is 49.6 Å². The van der Waals surface area contributed by atoms with Crippen LogP contribution in [0, 0.1) is 13.8 Å². The highest BCUT2D eigenvalue weighted by molar-refractivity contribution is 5.99. The first-order valence-electron chi connectivity index (χ1n) is 9.08. The number of amides is 2. The van der Waals surface area contributed by atoms with E-state index in [0.29, 0.717) is 12.2 Å². The molecule has 3 rings (SSSR count). The lowest BCUT2D eigenvalue weighted by atomic mass is 10.2. The van der Waals surface area contributed by atoms with E-state index in [9.17, 15) is 9.59 Å². The first-order valence-corrected chi connectivity index (χ1v) is 9.08. The van der Waals surface area contributed by atoms with Crippen LogP contribution in [-0.2, 0) is 4.79 Å². The number of pyridine rings is 1. The highest BCUT2D eigenvalue weighted by Crippen LogP contribution is 2.14. The van der Waals surface area contributed by atoms with Gasteiger partial charge < -0.3 is 14.6 Å². The third kappa shape index (κ3) is 4.34. The number of hydrogen-bond donors (Lipinski definition) is 1. The Hall–Kier alpha value is -3.15. The molecule has 0 bridgehead atoms. The van der Waals surface area contributed by atoms with E-state index in [2.05, 4.69) is 10.3 Å². The van der Waals surface area contributed by atoms with Crippen molar-refractivity contribution < 1.29 is 9.59 Å². The molecule has 0 unspecified atom stereocenters. The summed E-state index contributed by atoms with van der Waals surface area (Å²) in [4.78, 5) is 31.4. The summed E-state index contributed by atoms with van der Waals surface area (Å²) in [5, 5.41) is 2.88. The van der Waals surface area contributed by atoms with Gasteiger partial charge in [0.25, 0.3) is 5.91 Å². The van der Waals surface area contributed by atoms with Crippen LogP contribution in [0.5, 0.6) is 0 Å². The Labute approximate surface area is 158 Å². The molecule has 0 aliphatic rings. The average Bonchev–Trinajstić information content (AvgIpc) is 3.05. The molecule has 2 aromatic heterocycles. The zero-order chi connectivity index (χ0) is 19.4. The number of aromatic nitrogens is 2. The molecule has 0 fully saturated rings. The van der Waals surface area contributed by atoms with Gasteiger partial charge >= 0.3 is 0 Å². The van der Waals surface area contributed by atoms with Crippen molar-refractivity contribution in [3.05, 3.63) is 65.6 Å². The van der Waals surface area contributed by atoms with Gasteiger partial charge in [-0.1, -0.05) is 25.1 Å². The van der Waals surface area contributed by atoms with Gasteiger partial charge in [-0.25, -0.2) is 4.98 Å². The number of aryl methyl sites for hydroxylation is 2. The summed E-state index contributed by atoms with van der Waals surface area (Å²) in [7, 11) is 0. The molecule has 0 atom stereocenters.